The molecule has 1 amide bonds. The van der Waals surface area contributed by atoms with E-state index in [1.54, 1.807) is 0 Å². The lowest BCUT2D eigenvalue weighted by Gasteiger charge is -2.03. The molecule has 4 N–H and O–H groups in total. The molecule has 1 aromatic rings. The number of hydrogen-bond acceptors (Lipinski definition) is 4. The van der Waals surface area contributed by atoms with Crippen molar-refractivity contribution in [2.24, 2.45) is 5.73 Å². The van der Waals surface area contributed by atoms with Gasteiger partial charge in [-0.25, -0.2) is 4.98 Å². The summed E-state index contributed by atoms with van der Waals surface area (Å²) >= 11 is 0. The number of rotatable bonds is 4. The number of hydrogen-bond donors (Lipinski definition) is 3. The van der Waals surface area contributed by atoms with Crippen LogP contribution in [0, 0.1) is 0 Å². The largest absolute Gasteiger partial charge is 0.395 e. The number of carbonyl (C=O) groups excluding carboxylic acids is 1. The van der Waals surface area contributed by atoms with E-state index in [1.807, 2.05) is 0 Å². The number of nitrogens with zero attached hydrogens (tertiary/aromatic N) is 1. The standard InChI is InChI=1S/C8H11N3O2/c9-8(13)6-1-2-10-7(5-6)11-3-4-12/h1-2,5,12H,3-4H2,(H2,9,13)(H,10,11). The van der Waals surface area contributed by atoms with Gasteiger partial charge in [-0.1, -0.05) is 0 Å². The molecule has 0 aliphatic carbocycles. The predicted molar refractivity (Wildman–Crippen MR) is 48.3 cm³/mol. The molecular weight excluding hydrogens is 170 g/mol. The highest BCUT2D eigenvalue weighted by atomic mass is 16.3. The van der Waals surface area contributed by atoms with Gasteiger partial charge in [-0.2, -0.15) is 0 Å². The second kappa shape index (κ2) is 4.42. The van der Waals surface area contributed by atoms with E-state index >= 15 is 0 Å². The van der Waals surface area contributed by atoms with Gasteiger partial charge in [0.25, 0.3) is 0 Å². The zero-order chi connectivity index (χ0) is 9.68. The van der Waals surface area contributed by atoms with Gasteiger partial charge in [0.05, 0.1) is 6.61 Å². The molecule has 70 valence electrons. The molecule has 0 radical (unpaired) electrons. The van der Waals surface area contributed by atoms with Crippen LogP contribution in [0.3, 0.4) is 0 Å². The molecule has 0 aromatic carbocycles. The lowest BCUT2D eigenvalue weighted by atomic mass is 10.2. The minimum absolute atomic E-state index is 0.0163. The van der Waals surface area contributed by atoms with Crippen molar-refractivity contribution in [2.45, 2.75) is 0 Å². The lowest BCUT2D eigenvalue weighted by molar-refractivity contribution is 0.1000. The minimum Gasteiger partial charge on any atom is -0.395 e. The van der Waals surface area contributed by atoms with Gasteiger partial charge in [-0.3, -0.25) is 4.79 Å². The second-order valence-corrected chi connectivity index (χ2v) is 2.44. The van der Waals surface area contributed by atoms with Gasteiger partial charge in [-0.15, -0.1) is 0 Å². The molecular formula is C8H11N3O2. The maximum absolute atomic E-state index is 10.7. The normalized spacial score (nSPS) is 9.62. The predicted octanol–water partition coefficient (Wildman–Crippen LogP) is -0.415. The number of pyridine rings is 1. The number of nitrogens with one attached hydrogen (secondary N) is 1. The number of primary amides is 1. The number of carbonyl (C=O) groups is 1. The summed E-state index contributed by atoms with van der Waals surface area (Å²) in [6.45, 7) is 0.414. The van der Waals surface area contributed by atoms with Crippen LogP contribution in [-0.4, -0.2) is 29.1 Å². The molecule has 0 atom stereocenters. The summed E-state index contributed by atoms with van der Waals surface area (Å²) in [5.41, 5.74) is 5.47. The Morgan fingerprint density at radius 2 is 2.46 bits per heavy atom. The first-order valence-corrected chi connectivity index (χ1v) is 3.84. The first kappa shape index (κ1) is 9.47. The molecule has 0 spiro atoms. The molecule has 5 heteroatoms. The molecule has 0 unspecified atom stereocenters. The highest BCUT2D eigenvalue weighted by Gasteiger charge is 2.00. The van der Waals surface area contributed by atoms with E-state index < -0.39 is 5.91 Å². The first-order valence-electron chi connectivity index (χ1n) is 3.84. The summed E-state index contributed by atoms with van der Waals surface area (Å²) < 4.78 is 0. The number of nitrogens with two attached hydrogens (primary N) is 1. The number of aliphatic hydroxyl groups is 1. The van der Waals surface area contributed by atoms with Gasteiger partial charge in [0.15, 0.2) is 0 Å². The molecule has 1 rings (SSSR count). The maximum Gasteiger partial charge on any atom is 0.248 e. The lowest BCUT2D eigenvalue weighted by Crippen LogP contribution is -2.12. The molecule has 5 nitrogen and oxygen atoms in total. The van der Waals surface area contributed by atoms with Crippen molar-refractivity contribution in [3.8, 4) is 0 Å². The van der Waals surface area contributed by atoms with E-state index in [1.165, 1.54) is 18.3 Å². The van der Waals surface area contributed by atoms with E-state index in [0.29, 0.717) is 17.9 Å². The molecule has 0 aliphatic heterocycles. The molecule has 0 bridgehead atoms. The van der Waals surface area contributed by atoms with Crippen LogP contribution in [0.5, 0.6) is 0 Å². The van der Waals surface area contributed by atoms with Crippen molar-refractivity contribution in [3.05, 3.63) is 23.9 Å². The topological polar surface area (TPSA) is 88.2 Å². The zero-order valence-corrected chi connectivity index (χ0v) is 7.03. The van der Waals surface area contributed by atoms with Crippen LogP contribution >= 0.6 is 0 Å². The van der Waals surface area contributed by atoms with Crippen molar-refractivity contribution in [3.63, 3.8) is 0 Å². The van der Waals surface area contributed by atoms with Gasteiger partial charge in [0.1, 0.15) is 5.82 Å². The van der Waals surface area contributed by atoms with E-state index in [2.05, 4.69) is 10.3 Å². The Morgan fingerprint density at radius 3 is 3.08 bits per heavy atom. The average Bonchev–Trinajstić information content (AvgIpc) is 2.15. The fraction of sp³-hybridized carbons (Fsp3) is 0.250. The number of amides is 1. The molecule has 1 heterocycles. The van der Waals surface area contributed by atoms with E-state index in [4.69, 9.17) is 10.8 Å². The molecule has 0 aliphatic rings. The van der Waals surface area contributed by atoms with Crippen LogP contribution in [0.15, 0.2) is 18.3 Å². The summed E-state index contributed by atoms with van der Waals surface area (Å²) in [6, 6.07) is 3.07. The maximum atomic E-state index is 10.7. The Balaban J connectivity index is 2.73. The summed E-state index contributed by atoms with van der Waals surface area (Å²) in [4.78, 5) is 14.7. The third-order valence-electron chi connectivity index (χ3n) is 1.46. The zero-order valence-electron chi connectivity index (χ0n) is 7.03. The van der Waals surface area contributed by atoms with E-state index in [9.17, 15) is 4.79 Å². The first-order chi connectivity index (χ1) is 6.24. The quantitative estimate of drug-likeness (QED) is 0.589. The van der Waals surface area contributed by atoms with Crippen molar-refractivity contribution in [1.82, 2.24) is 4.98 Å². The van der Waals surface area contributed by atoms with Crippen molar-refractivity contribution in [1.29, 1.82) is 0 Å². The SMILES string of the molecule is NC(=O)c1ccnc(NCCO)c1. The van der Waals surface area contributed by atoms with Gasteiger partial charge in [-0.05, 0) is 12.1 Å². The fourth-order valence-corrected chi connectivity index (χ4v) is 0.864. The van der Waals surface area contributed by atoms with Gasteiger partial charge < -0.3 is 16.2 Å². The number of aromatic nitrogens is 1. The van der Waals surface area contributed by atoms with Crippen LogP contribution in [0.2, 0.25) is 0 Å². The van der Waals surface area contributed by atoms with Gasteiger partial charge in [0.2, 0.25) is 5.91 Å². The molecule has 0 fully saturated rings. The summed E-state index contributed by atoms with van der Waals surface area (Å²) in [5.74, 6) is 0.0415. The van der Waals surface area contributed by atoms with Gasteiger partial charge in [0, 0.05) is 18.3 Å². The summed E-state index contributed by atoms with van der Waals surface area (Å²) in [7, 11) is 0. The summed E-state index contributed by atoms with van der Waals surface area (Å²) in [5, 5.41) is 11.3. The fourth-order valence-electron chi connectivity index (χ4n) is 0.864. The third kappa shape index (κ3) is 2.72. The molecule has 13 heavy (non-hydrogen) atoms. The van der Waals surface area contributed by atoms with Crippen molar-refractivity contribution < 1.29 is 9.90 Å². The second-order valence-electron chi connectivity index (χ2n) is 2.44. The van der Waals surface area contributed by atoms with Crippen molar-refractivity contribution >= 4 is 11.7 Å². The van der Waals surface area contributed by atoms with Gasteiger partial charge >= 0.3 is 0 Å². The Hall–Kier alpha value is -1.62. The van der Waals surface area contributed by atoms with Crippen LogP contribution in [-0.2, 0) is 0 Å². The smallest absolute Gasteiger partial charge is 0.248 e. The average molecular weight is 181 g/mol. The highest BCUT2D eigenvalue weighted by molar-refractivity contribution is 5.93. The van der Waals surface area contributed by atoms with Crippen LogP contribution in [0.1, 0.15) is 10.4 Å². The highest BCUT2D eigenvalue weighted by Crippen LogP contribution is 2.05. The number of aliphatic hydroxyl groups excluding tert-OH is 1. The van der Waals surface area contributed by atoms with E-state index in [-0.39, 0.29) is 6.61 Å². The summed E-state index contributed by atoms with van der Waals surface area (Å²) in [6.07, 6.45) is 1.49. The number of anilines is 1. The Kier molecular flexibility index (Phi) is 3.22. The molecule has 1 aromatic heterocycles. The Bertz CT molecular complexity index is 301. The Morgan fingerprint density at radius 1 is 1.69 bits per heavy atom. The molecule has 0 saturated heterocycles. The van der Waals surface area contributed by atoms with Crippen molar-refractivity contribution in [2.75, 3.05) is 18.5 Å². The minimum atomic E-state index is -0.491. The van der Waals surface area contributed by atoms with E-state index in [0.717, 1.165) is 0 Å². The van der Waals surface area contributed by atoms with Crippen LogP contribution in [0.25, 0.3) is 0 Å². The Labute approximate surface area is 75.6 Å². The van der Waals surface area contributed by atoms with Crippen LogP contribution in [0.4, 0.5) is 5.82 Å². The monoisotopic (exact) mass is 181 g/mol. The molecule has 0 saturated carbocycles. The third-order valence-corrected chi connectivity index (χ3v) is 1.46. The van der Waals surface area contributed by atoms with Crippen LogP contribution < -0.4 is 11.1 Å².